The van der Waals surface area contributed by atoms with E-state index in [0.29, 0.717) is 12.1 Å². The van der Waals surface area contributed by atoms with Gasteiger partial charge in [0.15, 0.2) is 6.61 Å². The number of amides is 1. The lowest BCUT2D eigenvalue weighted by Crippen LogP contribution is -2.31. The molecule has 0 fully saturated rings. The molecular weight excluding hydrogens is 400 g/mol. The number of likely N-dealkylation sites (N-methyl/N-ethyl adjacent to an activating group) is 1. The molecule has 0 bridgehead atoms. The Morgan fingerprint density at radius 2 is 1.88 bits per heavy atom. The van der Waals surface area contributed by atoms with Gasteiger partial charge in [0.2, 0.25) is 0 Å². The summed E-state index contributed by atoms with van der Waals surface area (Å²) in [6, 6.07) is 15.0. The fourth-order valence-electron chi connectivity index (χ4n) is 2.42. The van der Waals surface area contributed by atoms with Gasteiger partial charge in [-0.05, 0) is 23.8 Å². The monoisotopic (exact) mass is 416 g/mol. The van der Waals surface area contributed by atoms with Crippen LogP contribution in [0, 0.1) is 0 Å². The quantitative estimate of drug-likeness (QED) is 0.576. The van der Waals surface area contributed by atoms with Gasteiger partial charge in [-0.2, -0.15) is 0 Å². The van der Waals surface area contributed by atoms with Crippen molar-refractivity contribution in [2.45, 2.75) is 13.1 Å². The molecular formula is C18H17BrN4O3. The number of ether oxygens (including phenoxy) is 1. The van der Waals surface area contributed by atoms with Crippen LogP contribution in [0.3, 0.4) is 0 Å². The van der Waals surface area contributed by atoms with Gasteiger partial charge in [0, 0.05) is 18.1 Å². The van der Waals surface area contributed by atoms with E-state index in [-0.39, 0.29) is 19.1 Å². The van der Waals surface area contributed by atoms with Crippen molar-refractivity contribution in [3.05, 3.63) is 58.6 Å². The Balaban J connectivity index is 1.52. The van der Waals surface area contributed by atoms with Crippen LogP contribution in [0.1, 0.15) is 5.56 Å². The highest BCUT2D eigenvalue weighted by molar-refractivity contribution is 9.10. The van der Waals surface area contributed by atoms with Crippen molar-refractivity contribution >= 4 is 38.8 Å². The molecule has 3 rings (SSSR count). The number of rotatable bonds is 6. The van der Waals surface area contributed by atoms with E-state index in [0.717, 1.165) is 15.6 Å². The van der Waals surface area contributed by atoms with E-state index in [9.17, 15) is 9.59 Å². The summed E-state index contributed by atoms with van der Waals surface area (Å²) in [5.74, 6) is -0.819. The van der Waals surface area contributed by atoms with Crippen LogP contribution >= 0.6 is 15.9 Å². The summed E-state index contributed by atoms with van der Waals surface area (Å²) >= 11 is 3.45. The number of fused-ring (bicyclic) bond motifs is 1. The van der Waals surface area contributed by atoms with Crippen LogP contribution in [0.25, 0.3) is 11.0 Å². The summed E-state index contributed by atoms with van der Waals surface area (Å²) in [7, 11) is 1.67. The van der Waals surface area contributed by atoms with Crippen LogP contribution in [0.5, 0.6) is 0 Å². The SMILES string of the molecule is CN(Cc1ccccc1Br)C(=O)COC(=O)Cn1nnc2ccccc21. The summed E-state index contributed by atoms with van der Waals surface area (Å²) in [6.07, 6.45) is 0. The third-order valence-corrected chi connectivity index (χ3v) is 4.62. The Morgan fingerprint density at radius 1 is 1.15 bits per heavy atom. The van der Waals surface area contributed by atoms with E-state index in [2.05, 4.69) is 26.2 Å². The van der Waals surface area contributed by atoms with E-state index >= 15 is 0 Å². The van der Waals surface area contributed by atoms with Crippen LogP contribution in [-0.4, -0.2) is 45.4 Å². The highest BCUT2D eigenvalue weighted by Crippen LogP contribution is 2.17. The predicted molar refractivity (Wildman–Crippen MR) is 99.1 cm³/mol. The molecule has 0 aliphatic rings. The first-order valence-corrected chi connectivity index (χ1v) is 8.75. The van der Waals surface area contributed by atoms with Crippen molar-refractivity contribution in [2.24, 2.45) is 0 Å². The van der Waals surface area contributed by atoms with E-state index in [1.165, 1.54) is 9.58 Å². The average Bonchev–Trinajstić information content (AvgIpc) is 3.04. The molecule has 26 heavy (non-hydrogen) atoms. The van der Waals surface area contributed by atoms with Gasteiger partial charge in [0.1, 0.15) is 12.1 Å². The van der Waals surface area contributed by atoms with E-state index in [4.69, 9.17) is 4.74 Å². The topological polar surface area (TPSA) is 77.3 Å². The average molecular weight is 417 g/mol. The van der Waals surface area contributed by atoms with Gasteiger partial charge in [-0.15, -0.1) is 5.10 Å². The first-order valence-electron chi connectivity index (χ1n) is 7.96. The summed E-state index contributed by atoms with van der Waals surface area (Å²) < 4.78 is 7.46. The van der Waals surface area contributed by atoms with Crippen molar-refractivity contribution in [3.8, 4) is 0 Å². The Kier molecular flexibility index (Phi) is 5.62. The van der Waals surface area contributed by atoms with Crippen LogP contribution < -0.4 is 0 Å². The Morgan fingerprint density at radius 3 is 2.69 bits per heavy atom. The van der Waals surface area contributed by atoms with Crippen LogP contribution in [0.15, 0.2) is 53.0 Å². The molecule has 0 N–H and O–H groups in total. The van der Waals surface area contributed by atoms with Crippen molar-refractivity contribution < 1.29 is 14.3 Å². The first-order chi connectivity index (χ1) is 12.5. The minimum absolute atomic E-state index is 0.0955. The predicted octanol–water partition coefficient (Wildman–Crippen LogP) is 2.40. The van der Waals surface area contributed by atoms with Gasteiger partial charge in [0.25, 0.3) is 5.91 Å². The third kappa shape index (κ3) is 4.26. The number of para-hydroxylation sites is 1. The van der Waals surface area contributed by atoms with E-state index in [1.807, 2.05) is 48.5 Å². The lowest BCUT2D eigenvalue weighted by atomic mass is 10.2. The maximum Gasteiger partial charge on any atom is 0.328 e. The standard InChI is InChI=1S/C18H17BrN4O3/c1-22(10-13-6-2-3-7-14(13)19)17(24)12-26-18(25)11-23-16-9-5-4-8-15(16)20-21-23/h2-9H,10-12H2,1H3. The number of nitrogens with zero attached hydrogens (tertiary/aromatic N) is 4. The summed E-state index contributed by atoms with van der Waals surface area (Å²) in [5, 5.41) is 7.90. The van der Waals surface area contributed by atoms with Crippen molar-refractivity contribution in [2.75, 3.05) is 13.7 Å². The minimum atomic E-state index is -0.539. The number of hydrogen-bond acceptors (Lipinski definition) is 5. The number of esters is 1. The van der Waals surface area contributed by atoms with E-state index < -0.39 is 5.97 Å². The van der Waals surface area contributed by atoms with Gasteiger partial charge in [-0.1, -0.05) is 51.5 Å². The molecule has 0 aliphatic heterocycles. The van der Waals surface area contributed by atoms with Gasteiger partial charge in [-0.3, -0.25) is 9.59 Å². The number of carbonyl (C=O) groups excluding carboxylic acids is 2. The zero-order valence-electron chi connectivity index (χ0n) is 14.1. The normalized spacial score (nSPS) is 10.7. The molecule has 8 heteroatoms. The molecule has 0 spiro atoms. The highest BCUT2D eigenvalue weighted by atomic mass is 79.9. The van der Waals surface area contributed by atoms with Crippen molar-refractivity contribution in [3.63, 3.8) is 0 Å². The molecule has 7 nitrogen and oxygen atoms in total. The Bertz CT molecular complexity index is 941. The first kappa shape index (κ1) is 18.1. The fraction of sp³-hybridized carbons (Fsp3) is 0.222. The molecule has 0 aliphatic carbocycles. The lowest BCUT2D eigenvalue weighted by molar-refractivity contribution is -0.152. The van der Waals surface area contributed by atoms with Gasteiger partial charge in [0.05, 0.1) is 5.52 Å². The molecule has 1 aromatic heterocycles. The second-order valence-corrected chi connectivity index (χ2v) is 6.59. The van der Waals surface area contributed by atoms with Gasteiger partial charge in [-0.25, -0.2) is 4.68 Å². The third-order valence-electron chi connectivity index (χ3n) is 3.85. The summed E-state index contributed by atoms with van der Waals surface area (Å²) in [5.41, 5.74) is 2.41. The number of aromatic nitrogens is 3. The van der Waals surface area contributed by atoms with Crippen LogP contribution in [-0.2, 0) is 27.4 Å². The smallest absolute Gasteiger partial charge is 0.328 e. The summed E-state index contributed by atoms with van der Waals surface area (Å²) in [4.78, 5) is 25.7. The molecule has 0 saturated heterocycles. The molecule has 134 valence electrons. The van der Waals surface area contributed by atoms with Crippen molar-refractivity contribution in [1.82, 2.24) is 19.9 Å². The molecule has 1 heterocycles. The fourth-order valence-corrected chi connectivity index (χ4v) is 2.83. The van der Waals surface area contributed by atoms with E-state index in [1.54, 1.807) is 7.05 Å². The van der Waals surface area contributed by atoms with Gasteiger partial charge < -0.3 is 9.64 Å². The minimum Gasteiger partial charge on any atom is -0.454 e. The Hall–Kier alpha value is -2.74. The molecule has 0 saturated carbocycles. The number of benzene rings is 2. The second-order valence-electron chi connectivity index (χ2n) is 5.74. The van der Waals surface area contributed by atoms with Crippen LogP contribution in [0.2, 0.25) is 0 Å². The second kappa shape index (κ2) is 8.09. The molecule has 0 atom stereocenters. The maximum atomic E-state index is 12.2. The molecule has 1 amide bonds. The zero-order valence-corrected chi connectivity index (χ0v) is 15.7. The maximum absolute atomic E-state index is 12.2. The highest BCUT2D eigenvalue weighted by Gasteiger charge is 2.15. The molecule has 3 aromatic rings. The largest absolute Gasteiger partial charge is 0.454 e. The zero-order chi connectivity index (χ0) is 18.5. The number of hydrogen-bond donors (Lipinski definition) is 0. The van der Waals surface area contributed by atoms with Crippen LogP contribution in [0.4, 0.5) is 0 Å². The number of carbonyl (C=O) groups is 2. The summed E-state index contributed by atoms with van der Waals surface area (Å²) in [6.45, 7) is 0.0136. The lowest BCUT2D eigenvalue weighted by Gasteiger charge is -2.18. The molecule has 0 unspecified atom stereocenters. The number of halogens is 1. The Labute approximate surface area is 158 Å². The van der Waals surface area contributed by atoms with Crippen molar-refractivity contribution in [1.29, 1.82) is 0 Å². The molecule has 2 aromatic carbocycles. The molecule has 0 radical (unpaired) electrons. The van der Waals surface area contributed by atoms with Gasteiger partial charge >= 0.3 is 5.97 Å².